The van der Waals surface area contributed by atoms with Crippen molar-refractivity contribution in [3.63, 3.8) is 0 Å². The van der Waals surface area contributed by atoms with Gasteiger partial charge in [0.2, 0.25) is 5.91 Å². The molecular weight excluding hydrogens is 270 g/mol. The van der Waals surface area contributed by atoms with Gasteiger partial charge >= 0.3 is 0 Å². The SMILES string of the molecule is CC(O)CC(C)CNC(=O)C(C)c1ccc(Cl)s1. The van der Waals surface area contributed by atoms with Crippen molar-refractivity contribution in [2.75, 3.05) is 6.54 Å². The molecule has 1 aromatic heterocycles. The Kier molecular flexibility index (Phi) is 6.12. The fraction of sp³-hybridized carbons (Fsp3) is 0.615. The van der Waals surface area contributed by atoms with Gasteiger partial charge in [0.15, 0.2) is 0 Å². The summed E-state index contributed by atoms with van der Waals surface area (Å²) in [4.78, 5) is 12.9. The molecule has 1 amide bonds. The van der Waals surface area contributed by atoms with E-state index in [0.717, 1.165) is 4.88 Å². The first-order chi connectivity index (χ1) is 8.40. The van der Waals surface area contributed by atoms with Gasteiger partial charge in [0.1, 0.15) is 0 Å². The predicted octanol–water partition coefficient (Wildman–Crippen LogP) is 3.03. The van der Waals surface area contributed by atoms with Crippen molar-refractivity contribution in [1.82, 2.24) is 5.32 Å². The van der Waals surface area contributed by atoms with Crippen LogP contribution in [0, 0.1) is 5.92 Å². The number of carbonyl (C=O) groups is 1. The number of carbonyl (C=O) groups excluding carboxylic acids is 1. The molecule has 0 aromatic carbocycles. The van der Waals surface area contributed by atoms with E-state index in [4.69, 9.17) is 11.6 Å². The van der Waals surface area contributed by atoms with Crippen LogP contribution in [-0.2, 0) is 4.79 Å². The Labute approximate surface area is 117 Å². The van der Waals surface area contributed by atoms with Crippen molar-refractivity contribution in [1.29, 1.82) is 0 Å². The third-order valence-corrected chi connectivity index (χ3v) is 4.20. The van der Waals surface area contributed by atoms with E-state index in [0.29, 0.717) is 17.3 Å². The summed E-state index contributed by atoms with van der Waals surface area (Å²) >= 11 is 7.29. The van der Waals surface area contributed by atoms with Crippen molar-refractivity contribution >= 4 is 28.8 Å². The number of hydrogen-bond donors (Lipinski definition) is 2. The standard InChI is InChI=1S/C13H20ClNO2S/c1-8(6-9(2)16)7-15-13(17)10(3)11-4-5-12(14)18-11/h4-5,8-10,16H,6-7H2,1-3H3,(H,15,17). The minimum absolute atomic E-state index is 0.00552. The number of aliphatic hydroxyl groups excluding tert-OH is 1. The van der Waals surface area contributed by atoms with Gasteiger partial charge in [-0.1, -0.05) is 18.5 Å². The van der Waals surface area contributed by atoms with Gasteiger partial charge in [0.05, 0.1) is 16.4 Å². The molecule has 18 heavy (non-hydrogen) atoms. The molecule has 1 rings (SSSR count). The van der Waals surface area contributed by atoms with Crippen molar-refractivity contribution in [2.45, 2.75) is 39.2 Å². The lowest BCUT2D eigenvalue weighted by atomic mass is 10.0. The van der Waals surface area contributed by atoms with Crippen LogP contribution in [0.2, 0.25) is 4.34 Å². The van der Waals surface area contributed by atoms with E-state index >= 15 is 0 Å². The summed E-state index contributed by atoms with van der Waals surface area (Å²) in [6.45, 7) is 6.23. The highest BCUT2D eigenvalue weighted by atomic mass is 35.5. The van der Waals surface area contributed by atoms with Gasteiger partial charge in [-0.05, 0) is 38.3 Å². The fourth-order valence-corrected chi connectivity index (χ4v) is 2.90. The Morgan fingerprint density at radius 1 is 1.44 bits per heavy atom. The van der Waals surface area contributed by atoms with Crippen LogP contribution < -0.4 is 5.32 Å². The first-order valence-electron chi connectivity index (χ1n) is 6.11. The van der Waals surface area contributed by atoms with Crippen LogP contribution in [0.3, 0.4) is 0 Å². The Balaban J connectivity index is 2.41. The van der Waals surface area contributed by atoms with Crippen LogP contribution in [0.5, 0.6) is 0 Å². The molecule has 3 nitrogen and oxygen atoms in total. The molecule has 1 heterocycles. The maximum absolute atomic E-state index is 11.9. The van der Waals surface area contributed by atoms with E-state index in [1.165, 1.54) is 11.3 Å². The van der Waals surface area contributed by atoms with Crippen molar-refractivity contribution in [3.8, 4) is 0 Å². The van der Waals surface area contributed by atoms with Crippen LogP contribution in [-0.4, -0.2) is 23.7 Å². The second-order valence-corrected chi connectivity index (χ2v) is 6.55. The highest BCUT2D eigenvalue weighted by Gasteiger charge is 2.17. The number of amides is 1. The molecule has 0 spiro atoms. The average Bonchev–Trinajstić information content (AvgIpc) is 2.70. The smallest absolute Gasteiger partial charge is 0.228 e. The summed E-state index contributed by atoms with van der Waals surface area (Å²) in [5, 5.41) is 12.2. The molecule has 0 radical (unpaired) electrons. The molecule has 0 aliphatic heterocycles. The van der Waals surface area contributed by atoms with Gasteiger partial charge in [0.25, 0.3) is 0 Å². The topological polar surface area (TPSA) is 49.3 Å². The van der Waals surface area contributed by atoms with Crippen molar-refractivity contribution in [3.05, 3.63) is 21.3 Å². The predicted molar refractivity (Wildman–Crippen MR) is 76.2 cm³/mol. The number of thiophene rings is 1. The fourth-order valence-electron chi connectivity index (χ4n) is 1.78. The molecule has 3 atom stereocenters. The Morgan fingerprint density at radius 2 is 2.11 bits per heavy atom. The van der Waals surface area contributed by atoms with E-state index in [9.17, 15) is 9.90 Å². The van der Waals surface area contributed by atoms with E-state index in [-0.39, 0.29) is 23.8 Å². The lowest BCUT2D eigenvalue weighted by molar-refractivity contribution is -0.122. The van der Waals surface area contributed by atoms with E-state index in [2.05, 4.69) is 5.32 Å². The molecule has 0 bridgehead atoms. The molecular formula is C13H20ClNO2S. The quantitative estimate of drug-likeness (QED) is 0.846. The Hall–Kier alpha value is -0.580. The van der Waals surface area contributed by atoms with E-state index in [1.54, 1.807) is 13.0 Å². The number of hydrogen-bond acceptors (Lipinski definition) is 3. The molecule has 2 N–H and O–H groups in total. The summed E-state index contributed by atoms with van der Waals surface area (Å²) in [6.07, 6.45) is 0.366. The highest BCUT2D eigenvalue weighted by molar-refractivity contribution is 7.16. The van der Waals surface area contributed by atoms with Gasteiger partial charge in [-0.25, -0.2) is 0 Å². The summed E-state index contributed by atoms with van der Waals surface area (Å²) in [5.41, 5.74) is 0. The van der Waals surface area contributed by atoms with Crippen LogP contribution >= 0.6 is 22.9 Å². The summed E-state index contributed by atoms with van der Waals surface area (Å²) in [7, 11) is 0. The zero-order valence-corrected chi connectivity index (χ0v) is 12.5. The van der Waals surface area contributed by atoms with Gasteiger partial charge in [-0.2, -0.15) is 0 Å². The molecule has 0 aliphatic carbocycles. The van der Waals surface area contributed by atoms with Crippen molar-refractivity contribution in [2.24, 2.45) is 5.92 Å². The molecule has 0 aliphatic rings. The average molecular weight is 290 g/mol. The molecule has 102 valence electrons. The third kappa shape index (κ3) is 4.96. The van der Waals surface area contributed by atoms with Crippen LogP contribution in [0.1, 0.15) is 38.0 Å². The maximum atomic E-state index is 11.9. The minimum Gasteiger partial charge on any atom is -0.393 e. The van der Waals surface area contributed by atoms with Crippen LogP contribution in [0.4, 0.5) is 0 Å². The molecule has 5 heteroatoms. The second-order valence-electron chi connectivity index (χ2n) is 4.80. The van der Waals surface area contributed by atoms with Crippen LogP contribution in [0.25, 0.3) is 0 Å². The Morgan fingerprint density at radius 3 is 2.61 bits per heavy atom. The lowest BCUT2D eigenvalue weighted by Gasteiger charge is -2.16. The molecule has 0 saturated heterocycles. The first-order valence-corrected chi connectivity index (χ1v) is 7.30. The maximum Gasteiger partial charge on any atom is 0.228 e. The Bertz CT molecular complexity index is 392. The number of aliphatic hydroxyl groups is 1. The third-order valence-electron chi connectivity index (χ3n) is 2.78. The van der Waals surface area contributed by atoms with E-state index in [1.807, 2.05) is 19.9 Å². The molecule has 1 aromatic rings. The monoisotopic (exact) mass is 289 g/mol. The molecule has 3 unspecified atom stereocenters. The van der Waals surface area contributed by atoms with E-state index < -0.39 is 0 Å². The normalized spacial score (nSPS) is 16.1. The number of halogens is 1. The summed E-state index contributed by atoms with van der Waals surface area (Å²) in [5.74, 6) is 0.0975. The summed E-state index contributed by atoms with van der Waals surface area (Å²) in [6, 6.07) is 3.69. The molecule has 0 saturated carbocycles. The van der Waals surface area contributed by atoms with Gasteiger partial charge < -0.3 is 10.4 Å². The largest absolute Gasteiger partial charge is 0.393 e. The van der Waals surface area contributed by atoms with Gasteiger partial charge in [0, 0.05) is 11.4 Å². The van der Waals surface area contributed by atoms with Crippen molar-refractivity contribution < 1.29 is 9.90 Å². The van der Waals surface area contributed by atoms with Gasteiger partial charge in [-0.15, -0.1) is 11.3 Å². The summed E-state index contributed by atoms with van der Waals surface area (Å²) < 4.78 is 0.701. The van der Waals surface area contributed by atoms with Crippen LogP contribution in [0.15, 0.2) is 12.1 Å². The zero-order chi connectivity index (χ0) is 13.7. The highest BCUT2D eigenvalue weighted by Crippen LogP contribution is 2.28. The number of nitrogens with one attached hydrogen (secondary N) is 1. The minimum atomic E-state index is -0.328. The molecule has 0 fully saturated rings. The second kappa shape index (κ2) is 7.12. The van der Waals surface area contributed by atoms with Gasteiger partial charge in [-0.3, -0.25) is 4.79 Å². The lowest BCUT2D eigenvalue weighted by Crippen LogP contribution is -2.32. The first kappa shape index (κ1) is 15.5. The number of rotatable bonds is 6. The zero-order valence-electron chi connectivity index (χ0n) is 10.9.